The molecule has 1 fully saturated rings. The number of ether oxygens (including phenoxy) is 3. The SMILES string of the molecule is CCCCOc1ccc(C(=O)OCC(=O)N2CCN(C(=O)c3ccco3)CC2)cc1OC. The quantitative estimate of drug-likeness (QED) is 0.433. The van der Waals surface area contributed by atoms with Crippen LogP contribution in [-0.2, 0) is 9.53 Å². The number of unbranched alkanes of at least 4 members (excludes halogenated alkanes) is 1. The van der Waals surface area contributed by atoms with Crippen LogP contribution in [0.2, 0.25) is 0 Å². The second-order valence-electron chi connectivity index (χ2n) is 7.29. The van der Waals surface area contributed by atoms with E-state index in [9.17, 15) is 14.4 Å². The van der Waals surface area contributed by atoms with E-state index in [0.717, 1.165) is 12.8 Å². The molecule has 1 aromatic carbocycles. The fraction of sp³-hybridized carbons (Fsp3) is 0.435. The first kappa shape index (κ1) is 23.2. The lowest BCUT2D eigenvalue weighted by Gasteiger charge is -2.34. The van der Waals surface area contributed by atoms with Gasteiger partial charge in [-0.1, -0.05) is 13.3 Å². The van der Waals surface area contributed by atoms with Crippen molar-refractivity contribution >= 4 is 17.8 Å². The summed E-state index contributed by atoms with van der Waals surface area (Å²) in [6, 6.07) is 8.03. The summed E-state index contributed by atoms with van der Waals surface area (Å²) in [7, 11) is 1.50. The van der Waals surface area contributed by atoms with Gasteiger partial charge in [-0.15, -0.1) is 0 Å². The largest absolute Gasteiger partial charge is 0.493 e. The van der Waals surface area contributed by atoms with Crippen molar-refractivity contribution in [3.8, 4) is 11.5 Å². The maximum absolute atomic E-state index is 12.4. The smallest absolute Gasteiger partial charge is 0.338 e. The summed E-state index contributed by atoms with van der Waals surface area (Å²) in [5.41, 5.74) is 0.270. The molecule has 0 saturated carbocycles. The van der Waals surface area contributed by atoms with Crippen LogP contribution >= 0.6 is 0 Å². The Hall–Kier alpha value is -3.49. The standard InChI is InChI=1S/C23H28N2O7/c1-3-4-13-30-18-8-7-17(15-20(18)29-2)23(28)32-16-21(26)24-9-11-25(12-10-24)22(27)19-6-5-14-31-19/h5-8,14-15H,3-4,9-13,16H2,1-2H3. The Bertz CT molecular complexity index is 918. The molecule has 0 aliphatic carbocycles. The summed E-state index contributed by atoms with van der Waals surface area (Å²) in [5, 5.41) is 0. The average Bonchev–Trinajstić information content (AvgIpc) is 3.37. The zero-order valence-corrected chi connectivity index (χ0v) is 18.4. The molecule has 3 rings (SSSR count). The Labute approximate surface area is 186 Å². The maximum Gasteiger partial charge on any atom is 0.338 e. The molecule has 0 unspecified atom stereocenters. The predicted molar refractivity (Wildman–Crippen MR) is 115 cm³/mol. The molecule has 0 atom stereocenters. The van der Waals surface area contributed by atoms with Crippen LogP contribution in [0.1, 0.15) is 40.7 Å². The molecule has 2 amide bonds. The van der Waals surface area contributed by atoms with Crippen LogP contribution in [0.15, 0.2) is 41.0 Å². The van der Waals surface area contributed by atoms with Gasteiger partial charge in [-0.2, -0.15) is 0 Å². The molecule has 1 aliphatic heterocycles. The average molecular weight is 444 g/mol. The zero-order chi connectivity index (χ0) is 22.9. The molecular weight excluding hydrogens is 416 g/mol. The molecule has 32 heavy (non-hydrogen) atoms. The third-order valence-electron chi connectivity index (χ3n) is 5.13. The lowest BCUT2D eigenvalue weighted by molar-refractivity contribution is -0.136. The van der Waals surface area contributed by atoms with E-state index in [1.165, 1.54) is 19.4 Å². The Kier molecular flexibility index (Phi) is 8.13. The second kappa shape index (κ2) is 11.2. The van der Waals surface area contributed by atoms with Crippen molar-refractivity contribution in [1.29, 1.82) is 0 Å². The van der Waals surface area contributed by atoms with Gasteiger partial charge in [-0.25, -0.2) is 4.79 Å². The summed E-state index contributed by atoms with van der Waals surface area (Å²) in [6.45, 7) is 3.75. The number of esters is 1. The molecule has 0 spiro atoms. The Morgan fingerprint density at radius 1 is 1.03 bits per heavy atom. The first-order valence-corrected chi connectivity index (χ1v) is 10.6. The van der Waals surface area contributed by atoms with Crippen LogP contribution in [0.25, 0.3) is 0 Å². The second-order valence-corrected chi connectivity index (χ2v) is 7.29. The summed E-state index contributed by atoms with van der Waals surface area (Å²) in [4.78, 5) is 40.3. The molecule has 9 heteroatoms. The number of hydrogen-bond acceptors (Lipinski definition) is 7. The number of amides is 2. The Morgan fingerprint density at radius 3 is 2.44 bits per heavy atom. The maximum atomic E-state index is 12.4. The fourth-order valence-corrected chi connectivity index (χ4v) is 3.26. The molecule has 1 aromatic heterocycles. The Morgan fingerprint density at radius 2 is 1.78 bits per heavy atom. The van der Waals surface area contributed by atoms with Gasteiger partial charge in [0.15, 0.2) is 23.9 Å². The first-order valence-electron chi connectivity index (χ1n) is 10.6. The van der Waals surface area contributed by atoms with E-state index < -0.39 is 5.97 Å². The van der Waals surface area contributed by atoms with E-state index in [-0.39, 0.29) is 29.7 Å². The number of methoxy groups -OCH3 is 1. The number of carbonyl (C=O) groups excluding carboxylic acids is 3. The summed E-state index contributed by atoms with van der Waals surface area (Å²) in [5.74, 6) is 0.119. The minimum atomic E-state index is -0.622. The normalized spacial score (nSPS) is 13.6. The van der Waals surface area contributed by atoms with Gasteiger partial charge in [0.05, 0.1) is 25.5 Å². The summed E-state index contributed by atoms with van der Waals surface area (Å²) in [6.07, 6.45) is 3.38. The number of rotatable bonds is 9. The molecule has 9 nitrogen and oxygen atoms in total. The van der Waals surface area contributed by atoms with Gasteiger partial charge in [0.25, 0.3) is 11.8 Å². The van der Waals surface area contributed by atoms with Crippen molar-refractivity contribution < 1.29 is 33.0 Å². The molecule has 1 aliphatic rings. The van der Waals surface area contributed by atoms with E-state index in [1.54, 1.807) is 34.1 Å². The van der Waals surface area contributed by atoms with Crippen molar-refractivity contribution in [2.45, 2.75) is 19.8 Å². The zero-order valence-electron chi connectivity index (χ0n) is 18.4. The van der Waals surface area contributed by atoms with Gasteiger partial charge >= 0.3 is 5.97 Å². The van der Waals surface area contributed by atoms with Crippen molar-refractivity contribution in [3.63, 3.8) is 0 Å². The molecule has 172 valence electrons. The first-order chi connectivity index (χ1) is 15.5. The third-order valence-corrected chi connectivity index (χ3v) is 5.13. The van der Waals surface area contributed by atoms with Crippen LogP contribution in [0.3, 0.4) is 0 Å². The van der Waals surface area contributed by atoms with Crippen LogP contribution < -0.4 is 9.47 Å². The monoisotopic (exact) mass is 444 g/mol. The van der Waals surface area contributed by atoms with Crippen molar-refractivity contribution in [2.24, 2.45) is 0 Å². The third kappa shape index (κ3) is 5.81. The van der Waals surface area contributed by atoms with Crippen molar-refractivity contribution in [1.82, 2.24) is 9.80 Å². The molecule has 0 N–H and O–H groups in total. The number of benzene rings is 1. The van der Waals surface area contributed by atoms with E-state index in [4.69, 9.17) is 18.6 Å². The highest BCUT2D eigenvalue weighted by Gasteiger charge is 2.26. The number of furan rings is 1. The van der Waals surface area contributed by atoms with Crippen molar-refractivity contribution in [3.05, 3.63) is 47.9 Å². The minimum absolute atomic E-state index is 0.204. The van der Waals surface area contributed by atoms with Gasteiger partial charge in [0, 0.05) is 26.2 Å². The summed E-state index contributed by atoms with van der Waals surface area (Å²) >= 11 is 0. The van der Waals surface area contributed by atoms with E-state index in [1.807, 2.05) is 0 Å². The van der Waals surface area contributed by atoms with Gasteiger partial charge in [-0.3, -0.25) is 9.59 Å². The van der Waals surface area contributed by atoms with Gasteiger partial charge in [-0.05, 0) is 36.8 Å². The highest BCUT2D eigenvalue weighted by atomic mass is 16.5. The number of carbonyl (C=O) groups is 3. The van der Waals surface area contributed by atoms with E-state index in [2.05, 4.69) is 6.92 Å². The number of piperazine rings is 1. The number of hydrogen-bond donors (Lipinski definition) is 0. The molecule has 2 aromatic rings. The molecule has 2 heterocycles. The molecule has 0 radical (unpaired) electrons. The van der Waals surface area contributed by atoms with Gasteiger partial charge in [0.2, 0.25) is 0 Å². The molecule has 0 bridgehead atoms. The highest BCUT2D eigenvalue weighted by molar-refractivity contribution is 5.93. The van der Waals surface area contributed by atoms with E-state index in [0.29, 0.717) is 44.3 Å². The van der Waals surface area contributed by atoms with Crippen LogP contribution in [0, 0.1) is 0 Å². The molecular formula is C23H28N2O7. The van der Waals surface area contributed by atoms with Gasteiger partial charge in [0.1, 0.15) is 0 Å². The van der Waals surface area contributed by atoms with E-state index >= 15 is 0 Å². The fourth-order valence-electron chi connectivity index (χ4n) is 3.26. The Balaban J connectivity index is 1.47. The van der Waals surface area contributed by atoms with Crippen LogP contribution in [-0.4, -0.2) is 74.1 Å². The number of nitrogens with zero attached hydrogens (tertiary/aromatic N) is 2. The lowest BCUT2D eigenvalue weighted by atomic mass is 10.2. The summed E-state index contributed by atoms with van der Waals surface area (Å²) < 4.78 is 21.3. The van der Waals surface area contributed by atoms with Crippen LogP contribution in [0.4, 0.5) is 0 Å². The predicted octanol–water partition coefficient (Wildman–Crippen LogP) is 2.61. The minimum Gasteiger partial charge on any atom is -0.493 e. The highest BCUT2D eigenvalue weighted by Crippen LogP contribution is 2.28. The lowest BCUT2D eigenvalue weighted by Crippen LogP contribution is -2.51. The van der Waals surface area contributed by atoms with Crippen LogP contribution in [0.5, 0.6) is 11.5 Å². The van der Waals surface area contributed by atoms with Gasteiger partial charge < -0.3 is 28.4 Å². The van der Waals surface area contributed by atoms with Crippen molar-refractivity contribution in [2.75, 3.05) is 46.5 Å². The topological polar surface area (TPSA) is 98.5 Å². The molecule has 1 saturated heterocycles.